The number of anilines is 1. The van der Waals surface area contributed by atoms with Crippen molar-refractivity contribution in [1.29, 1.82) is 0 Å². The van der Waals surface area contributed by atoms with Gasteiger partial charge in [0, 0.05) is 44.0 Å². The Labute approximate surface area is 138 Å². The molecule has 0 aliphatic carbocycles. The Kier molecular flexibility index (Phi) is 5.31. The number of nitrogens with zero attached hydrogens (tertiary/aromatic N) is 2. The summed E-state index contributed by atoms with van der Waals surface area (Å²) in [6.07, 6.45) is 0. The van der Waals surface area contributed by atoms with Crippen LogP contribution in [0.25, 0.3) is 0 Å². The summed E-state index contributed by atoms with van der Waals surface area (Å²) in [5, 5.41) is 8.73. The Morgan fingerprint density at radius 1 is 0.870 bits per heavy atom. The van der Waals surface area contributed by atoms with E-state index in [1.165, 1.54) is 11.3 Å². The lowest BCUT2D eigenvalue weighted by Crippen LogP contribution is -2.45. The third-order valence-corrected chi connectivity index (χ3v) is 4.17. The van der Waals surface area contributed by atoms with Crippen LogP contribution >= 0.6 is 0 Å². The summed E-state index contributed by atoms with van der Waals surface area (Å²) in [5.41, 5.74) is 3.58. The molecule has 0 amide bonds. The number of aliphatic hydroxyl groups is 1. The standard InChI is InChI=1S/C20H22N2O/c23-16-4-7-18-8-10-20(11-9-18)22-14-12-21(13-15-22)17-19-5-2-1-3-6-19/h1-3,5-6,8-11,23H,12-17H2. The minimum atomic E-state index is -0.0921. The molecule has 0 unspecified atom stereocenters. The van der Waals surface area contributed by atoms with Gasteiger partial charge >= 0.3 is 0 Å². The van der Waals surface area contributed by atoms with Gasteiger partial charge in [-0.1, -0.05) is 42.2 Å². The molecule has 1 fully saturated rings. The van der Waals surface area contributed by atoms with Crippen molar-refractivity contribution in [2.45, 2.75) is 6.54 Å². The summed E-state index contributed by atoms with van der Waals surface area (Å²) in [5.74, 6) is 5.61. The maximum atomic E-state index is 8.73. The van der Waals surface area contributed by atoms with E-state index in [-0.39, 0.29) is 6.61 Å². The predicted molar refractivity (Wildman–Crippen MR) is 94.3 cm³/mol. The highest BCUT2D eigenvalue weighted by atomic mass is 16.2. The van der Waals surface area contributed by atoms with Gasteiger partial charge in [0.25, 0.3) is 0 Å². The van der Waals surface area contributed by atoms with Gasteiger partial charge in [-0.15, -0.1) is 0 Å². The van der Waals surface area contributed by atoms with Crippen LogP contribution in [0.5, 0.6) is 0 Å². The zero-order chi connectivity index (χ0) is 15.9. The highest BCUT2D eigenvalue weighted by Crippen LogP contribution is 2.18. The lowest BCUT2D eigenvalue weighted by molar-refractivity contribution is 0.250. The molecule has 2 aromatic rings. The van der Waals surface area contributed by atoms with Crippen molar-refractivity contribution in [3.05, 3.63) is 65.7 Å². The summed E-state index contributed by atoms with van der Waals surface area (Å²) in [4.78, 5) is 4.93. The molecule has 23 heavy (non-hydrogen) atoms. The lowest BCUT2D eigenvalue weighted by atomic mass is 10.1. The van der Waals surface area contributed by atoms with Gasteiger partial charge in [0.15, 0.2) is 0 Å². The van der Waals surface area contributed by atoms with Crippen LogP contribution in [0.15, 0.2) is 54.6 Å². The molecule has 0 radical (unpaired) electrons. The molecule has 1 aliphatic heterocycles. The molecule has 3 nitrogen and oxygen atoms in total. The highest BCUT2D eigenvalue weighted by Gasteiger charge is 2.17. The largest absolute Gasteiger partial charge is 0.384 e. The summed E-state index contributed by atoms with van der Waals surface area (Å²) >= 11 is 0. The first kappa shape index (κ1) is 15.6. The molecule has 0 aromatic heterocycles. The van der Waals surface area contributed by atoms with Crippen LogP contribution < -0.4 is 4.90 Å². The van der Waals surface area contributed by atoms with Crippen LogP contribution in [0.1, 0.15) is 11.1 Å². The van der Waals surface area contributed by atoms with Crippen molar-refractivity contribution < 1.29 is 5.11 Å². The van der Waals surface area contributed by atoms with Crippen LogP contribution in [-0.2, 0) is 6.54 Å². The fraction of sp³-hybridized carbons (Fsp3) is 0.300. The van der Waals surface area contributed by atoms with Crippen molar-refractivity contribution in [2.24, 2.45) is 0 Å². The number of benzene rings is 2. The predicted octanol–water partition coefficient (Wildman–Crippen LogP) is 2.35. The minimum absolute atomic E-state index is 0.0921. The Hall–Kier alpha value is -2.28. The topological polar surface area (TPSA) is 26.7 Å². The molecule has 2 aromatic carbocycles. The quantitative estimate of drug-likeness (QED) is 0.882. The second-order valence-electron chi connectivity index (χ2n) is 5.76. The van der Waals surface area contributed by atoms with E-state index in [0.717, 1.165) is 38.3 Å². The summed E-state index contributed by atoms with van der Waals surface area (Å²) in [6.45, 7) is 5.21. The third-order valence-electron chi connectivity index (χ3n) is 4.17. The molecule has 0 atom stereocenters. The molecule has 3 heteroatoms. The lowest BCUT2D eigenvalue weighted by Gasteiger charge is -2.36. The van der Waals surface area contributed by atoms with E-state index in [4.69, 9.17) is 5.11 Å². The van der Waals surface area contributed by atoms with E-state index in [9.17, 15) is 0 Å². The van der Waals surface area contributed by atoms with E-state index in [1.54, 1.807) is 0 Å². The van der Waals surface area contributed by atoms with Gasteiger partial charge in [0.05, 0.1) is 0 Å². The molecular weight excluding hydrogens is 284 g/mol. The van der Waals surface area contributed by atoms with Crippen molar-refractivity contribution >= 4 is 5.69 Å². The molecule has 0 saturated carbocycles. The normalized spacial score (nSPS) is 15.1. The summed E-state index contributed by atoms with van der Waals surface area (Å²) in [6, 6.07) is 18.9. The van der Waals surface area contributed by atoms with E-state index in [2.05, 4.69) is 64.1 Å². The molecule has 1 N–H and O–H groups in total. The van der Waals surface area contributed by atoms with Gasteiger partial charge in [-0.3, -0.25) is 4.90 Å². The van der Waals surface area contributed by atoms with Gasteiger partial charge in [-0.25, -0.2) is 0 Å². The number of hydrogen-bond donors (Lipinski definition) is 1. The average Bonchev–Trinajstić information content (AvgIpc) is 2.62. The second-order valence-corrected chi connectivity index (χ2v) is 5.76. The second kappa shape index (κ2) is 7.82. The minimum Gasteiger partial charge on any atom is -0.384 e. The summed E-state index contributed by atoms with van der Waals surface area (Å²) in [7, 11) is 0. The van der Waals surface area contributed by atoms with Gasteiger partial charge in [0.2, 0.25) is 0 Å². The maximum absolute atomic E-state index is 8.73. The van der Waals surface area contributed by atoms with Gasteiger partial charge in [-0.05, 0) is 29.8 Å². The Balaban J connectivity index is 1.54. The first-order chi connectivity index (χ1) is 11.3. The molecule has 1 heterocycles. The molecule has 1 saturated heterocycles. The first-order valence-corrected chi connectivity index (χ1v) is 8.06. The first-order valence-electron chi connectivity index (χ1n) is 8.06. The SMILES string of the molecule is OCC#Cc1ccc(N2CCN(Cc3ccccc3)CC2)cc1. The third kappa shape index (κ3) is 4.35. The molecular formula is C20H22N2O. The van der Waals surface area contributed by atoms with E-state index in [1.807, 2.05) is 12.1 Å². The monoisotopic (exact) mass is 306 g/mol. The molecule has 0 spiro atoms. The van der Waals surface area contributed by atoms with Crippen LogP contribution in [0.2, 0.25) is 0 Å². The number of aliphatic hydroxyl groups excluding tert-OH is 1. The van der Waals surface area contributed by atoms with Crippen molar-refractivity contribution in [3.8, 4) is 11.8 Å². The molecule has 3 rings (SSSR count). The van der Waals surface area contributed by atoms with Crippen molar-refractivity contribution in [1.82, 2.24) is 4.90 Å². The Morgan fingerprint density at radius 2 is 1.57 bits per heavy atom. The maximum Gasteiger partial charge on any atom is 0.104 e. The van der Waals surface area contributed by atoms with Gasteiger partial charge < -0.3 is 10.0 Å². The van der Waals surface area contributed by atoms with Crippen LogP contribution in [0.4, 0.5) is 5.69 Å². The smallest absolute Gasteiger partial charge is 0.104 e. The highest BCUT2D eigenvalue weighted by molar-refractivity contribution is 5.51. The fourth-order valence-corrected chi connectivity index (χ4v) is 2.90. The van der Waals surface area contributed by atoms with Gasteiger partial charge in [0.1, 0.15) is 6.61 Å². The van der Waals surface area contributed by atoms with Crippen molar-refractivity contribution in [3.63, 3.8) is 0 Å². The fourth-order valence-electron chi connectivity index (χ4n) is 2.90. The van der Waals surface area contributed by atoms with E-state index in [0.29, 0.717) is 0 Å². The van der Waals surface area contributed by atoms with Crippen molar-refractivity contribution in [2.75, 3.05) is 37.7 Å². The van der Waals surface area contributed by atoms with Crippen LogP contribution in [0, 0.1) is 11.8 Å². The number of rotatable bonds is 3. The Morgan fingerprint density at radius 3 is 2.22 bits per heavy atom. The van der Waals surface area contributed by atoms with Crippen LogP contribution in [-0.4, -0.2) is 42.8 Å². The van der Waals surface area contributed by atoms with E-state index < -0.39 is 0 Å². The summed E-state index contributed by atoms with van der Waals surface area (Å²) < 4.78 is 0. The molecule has 1 aliphatic rings. The Bertz CT molecular complexity index is 662. The molecule has 0 bridgehead atoms. The van der Waals surface area contributed by atoms with E-state index >= 15 is 0 Å². The average molecular weight is 306 g/mol. The van der Waals surface area contributed by atoms with Crippen LogP contribution in [0.3, 0.4) is 0 Å². The number of hydrogen-bond acceptors (Lipinski definition) is 3. The number of piperazine rings is 1. The zero-order valence-electron chi connectivity index (χ0n) is 13.3. The zero-order valence-corrected chi connectivity index (χ0v) is 13.3. The molecule has 118 valence electrons. The van der Waals surface area contributed by atoms with Gasteiger partial charge in [-0.2, -0.15) is 0 Å².